The fourth-order valence-corrected chi connectivity index (χ4v) is 3.06. The number of piperidine rings is 1. The van der Waals surface area contributed by atoms with Crippen molar-refractivity contribution in [3.05, 3.63) is 40.9 Å². The Morgan fingerprint density at radius 2 is 2.08 bits per heavy atom. The third-order valence-corrected chi connectivity index (χ3v) is 4.51. The lowest BCUT2D eigenvalue weighted by Gasteiger charge is -2.31. The molecule has 1 N–H and O–H groups in total. The van der Waals surface area contributed by atoms with Crippen LogP contribution in [0.3, 0.4) is 0 Å². The molecular formula is C18H22N4O4. The van der Waals surface area contributed by atoms with Crippen LogP contribution < -0.4 is 10.9 Å². The standard InChI is InChI=1S/C18H22N4O4/c1-2-26-18(25)13-6-9-21(10-7-13)16(23)12-19-14-11-20-15-5-3-4-8-22(15)17(14)24/h3-5,8,11,13,19H,2,6-7,9-10,12H2,1H3. The Kier molecular flexibility index (Phi) is 5.50. The molecule has 0 atom stereocenters. The average Bonchev–Trinajstić information content (AvgIpc) is 2.68. The first kappa shape index (κ1) is 17.9. The van der Waals surface area contributed by atoms with Gasteiger partial charge < -0.3 is 15.0 Å². The third kappa shape index (κ3) is 3.84. The molecule has 0 aromatic carbocycles. The zero-order valence-electron chi connectivity index (χ0n) is 14.7. The van der Waals surface area contributed by atoms with Crippen molar-refractivity contribution >= 4 is 23.2 Å². The second-order valence-electron chi connectivity index (χ2n) is 6.17. The summed E-state index contributed by atoms with van der Waals surface area (Å²) in [7, 11) is 0. The van der Waals surface area contributed by atoms with Gasteiger partial charge in [-0.1, -0.05) is 6.07 Å². The van der Waals surface area contributed by atoms with Crippen LogP contribution >= 0.6 is 0 Å². The van der Waals surface area contributed by atoms with Gasteiger partial charge in [0.2, 0.25) is 5.91 Å². The first-order valence-corrected chi connectivity index (χ1v) is 8.75. The molecule has 3 rings (SSSR count). The van der Waals surface area contributed by atoms with E-state index in [1.165, 1.54) is 10.6 Å². The summed E-state index contributed by atoms with van der Waals surface area (Å²) in [5.74, 6) is -0.431. The van der Waals surface area contributed by atoms with E-state index in [0.717, 1.165) is 0 Å². The number of amides is 1. The first-order chi connectivity index (χ1) is 12.6. The smallest absolute Gasteiger partial charge is 0.309 e. The van der Waals surface area contributed by atoms with E-state index in [9.17, 15) is 14.4 Å². The number of carbonyl (C=O) groups is 2. The lowest BCUT2D eigenvalue weighted by Crippen LogP contribution is -2.43. The molecule has 26 heavy (non-hydrogen) atoms. The van der Waals surface area contributed by atoms with E-state index in [0.29, 0.717) is 38.2 Å². The minimum absolute atomic E-state index is 0.0138. The normalized spacial score (nSPS) is 15.0. The van der Waals surface area contributed by atoms with Crippen LogP contribution in [0.1, 0.15) is 19.8 Å². The van der Waals surface area contributed by atoms with Crippen molar-refractivity contribution in [1.82, 2.24) is 14.3 Å². The van der Waals surface area contributed by atoms with Crippen LogP contribution in [0.25, 0.3) is 5.65 Å². The van der Waals surface area contributed by atoms with Gasteiger partial charge in [0, 0.05) is 19.3 Å². The highest BCUT2D eigenvalue weighted by Gasteiger charge is 2.28. The number of nitrogens with one attached hydrogen (secondary N) is 1. The molecule has 0 radical (unpaired) electrons. The molecule has 0 unspecified atom stereocenters. The van der Waals surface area contributed by atoms with Gasteiger partial charge >= 0.3 is 5.97 Å². The average molecular weight is 358 g/mol. The van der Waals surface area contributed by atoms with Crippen LogP contribution in [-0.4, -0.2) is 52.4 Å². The number of nitrogens with zero attached hydrogens (tertiary/aromatic N) is 3. The van der Waals surface area contributed by atoms with E-state index in [4.69, 9.17) is 4.74 Å². The van der Waals surface area contributed by atoms with Crippen molar-refractivity contribution in [1.29, 1.82) is 0 Å². The highest BCUT2D eigenvalue weighted by molar-refractivity contribution is 5.81. The maximum atomic E-state index is 12.4. The number of pyridine rings is 1. The Hall–Kier alpha value is -2.90. The molecule has 1 aliphatic rings. The van der Waals surface area contributed by atoms with Crippen LogP contribution in [0.4, 0.5) is 5.69 Å². The van der Waals surface area contributed by atoms with Crippen molar-refractivity contribution in [3.63, 3.8) is 0 Å². The molecule has 0 spiro atoms. The molecule has 1 saturated heterocycles. The van der Waals surface area contributed by atoms with Crippen LogP contribution in [0.2, 0.25) is 0 Å². The molecule has 0 saturated carbocycles. The molecule has 2 aromatic heterocycles. The van der Waals surface area contributed by atoms with Crippen molar-refractivity contribution in [2.24, 2.45) is 5.92 Å². The van der Waals surface area contributed by atoms with Crippen LogP contribution in [-0.2, 0) is 14.3 Å². The highest BCUT2D eigenvalue weighted by atomic mass is 16.5. The number of rotatable bonds is 5. The summed E-state index contributed by atoms with van der Waals surface area (Å²) in [4.78, 5) is 42.4. The number of hydrogen-bond donors (Lipinski definition) is 1. The Morgan fingerprint density at radius 3 is 2.81 bits per heavy atom. The van der Waals surface area contributed by atoms with Crippen molar-refractivity contribution < 1.29 is 14.3 Å². The molecule has 2 aromatic rings. The van der Waals surface area contributed by atoms with Crippen LogP contribution in [0, 0.1) is 5.92 Å². The molecule has 8 nitrogen and oxygen atoms in total. The summed E-state index contributed by atoms with van der Waals surface area (Å²) >= 11 is 0. The van der Waals surface area contributed by atoms with Gasteiger partial charge in [0.25, 0.3) is 5.56 Å². The van der Waals surface area contributed by atoms with Crippen LogP contribution in [0.5, 0.6) is 0 Å². The summed E-state index contributed by atoms with van der Waals surface area (Å²) in [6.07, 6.45) is 4.28. The van der Waals surface area contributed by atoms with Gasteiger partial charge in [-0.3, -0.25) is 18.8 Å². The van der Waals surface area contributed by atoms with Crippen LogP contribution in [0.15, 0.2) is 35.4 Å². The van der Waals surface area contributed by atoms with E-state index in [1.54, 1.807) is 36.2 Å². The number of carbonyl (C=O) groups excluding carboxylic acids is 2. The van der Waals surface area contributed by atoms with E-state index >= 15 is 0 Å². The van der Waals surface area contributed by atoms with Gasteiger partial charge in [0.15, 0.2) is 0 Å². The quantitative estimate of drug-likeness (QED) is 0.799. The molecule has 1 fully saturated rings. The summed E-state index contributed by atoms with van der Waals surface area (Å²) in [5.41, 5.74) is 0.586. The van der Waals surface area contributed by atoms with Gasteiger partial charge in [-0.05, 0) is 31.9 Å². The van der Waals surface area contributed by atoms with Crippen molar-refractivity contribution in [3.8, 4) is 0 Å². The minimum atomic E-state index is -0.246. The molecule has 138 valence electrons. The van der Waals surface area contributed by atoms with E-state index < -0.39 is 0 Å². The molecule has 1 aliphatic heterocycles. The van der Waals surface area contributed by atoms with Gasteiger partial charge in [0.1, 0.15) is 11.3 Å². The number of aromatic nitrogens is 2. The summed E-state index contributed by atoms with van der Waals surface area (Å²) in [6, 6.07) is 5.29. The van der Waals surface area contributed by atoms with E-state index in [-0.39, 0.29) is 35.6 Å². The van der Waals surface area contributed by atoms with Gasteiger partial charge in [0.05, 0.1) is 25.3 Å². The number of fused-ring (bicyclic) bond motifs is 1. The van der Waals surface area contributed by atoms with Gasteiger partial charge in [-0.25, -0.2) is 4.98 Å². The highest BCUT2D eigenvalue weighted by Crippen LogP contribution is 2.18. The zero-order valence-corrected chi connectivity index (χ0v) is 14.7. The first-order valence-electron chi connectivity index (χ1n) is 8.75. The number of anilines is 1. The van der Waals surface area contributed by atoms with E-state index in [2.05, 4.69) is 10.3 Å². The Bertz CT molecular complexity index is 856. The summed E-state index contributed by atoms with van der Waals surface area (Å²) in [6.45, 7) is 3.20. The maximum Gasteiger partial charge on any atom is 0.309 e. The monoisotopic (exact) mass is 358 g/mol. The fourth-order valence-electron chi connectivity index (χ4n) is 3.06. The molecular weight excluding hydrogens is 336 g/mol. The molecule has 1 amide bonds. The fraction of sp³-hybridized carbons (Fsp3) is 0.444. The van der Waals surface area contributed by atoms with Gasteiger partial charge in [-0.15, -0.1) is 0 Å². The van der Waals surface area contributed by atoms with E-state index in [1.807, 2.05) is 0 Å². The predicted octanol–water partition coefficient (Wildman–Crippen LogP) is 0.908. The third-order valence-electron chi connectivity index (χ3n) is 4.51. The lowest BCUT2D eigenvalue weighted by molar-refractivity contribution is -0.151. The Labute approximate surface area is 150 Å². The lowest BCUT2D eigenvalue weighted by atomic mass is 9.97. The SMILES string of the molecule is CCOC(=O)C1CCN(C(=O)CNc2cnc3ccccn3c2=O)CC1. The van der Waals surface area contributed by atoms with Gasteiger partial charge in [-0.2, -0.15) is 0 Å². The maximum absolute atomic E-state index is 12.4. The summed E-state index contributed by atoms with van der Waals surface area (Å²) < 4.78 is 6.46. The topological polar surface area (TPSA) is 93.0 Å². The molecule has 0 bridgehead atoms. The molecule has 8 heteroatoms. The number of esters is 1. The second-order valence-corrected chi connectivity index (χ2v) is 6.17. The molecule has 3 heterocycles. The number of ether oxygens (including phenoxy) is 1. The van der Waals surface area contributed by atoms with Crippen molar-refractivity contribution in [2.75, 3.05) is 31.6 Å². The van der Waals surface area contributed by atoms with Crippen molar-refractivity contribution in [2.45, 2.75) is 19.8 Å². The largest absolute Gasteiger partial charge is 0.466 e. The Balaban J connectivity index is 1.56. The zero-order chi connectivity index (χ0) is 18.5. The molecule has 0 aliphatic carbocycles. The number of likely N-dealkylation sites (tertiary alicyclic amines) is 1. The minimum Gasteiger partial charge on any atom is -0.466 e. The summed E-state index contributed by atoms with van der Waals surface area (Å²) in [5, 5.41) is 2.88. The second kappa shape index (κ2) is 7.99. The predicted molar refractivity (Wildman–Crippen MR) is 95.9 cm³/mol. The number of hydrogen-bond acceptors (Lipinski definition) is 6. The Morgan fingerprint density at radius 1 is 1.31 bits per heavy atom.